The minimum Gasteiger partial charge on any atom is -0.330 e. The largest absolute Gasteiger partial charge is 0.404 e. The van der Waals surface area contributed by atoms with Gasteiger partial charge in [0.2, 0.25) is 0 Å². The number of hydrogen-bond acceptors (Lipinski definition) is 6. The normalized spacial score (nSPS) is 15.4. The summed E-state index contributed by atoms with van der Waals surface area (Å²) in [6.07, 6.45) is 5.62. The fourth-order valence-electron chi connectivity index (χ4n) is 0.902. The van der Waals surface area contributed by atoms with Crippen molar-refractivity contribution in [3.63, 3.8) is 0 Å². The van der Waals surface area contributed by atoms with E-state index in [2.05, 4.69) is 4.62 Å². The minimum absolute atomic E-state index is 0.417. The maximum absolute atomic E-state index is 11.4. The van der Waals surface area contributed by atoms with Gasteiger partial charge in [-0.15, -0.1) is 0 Å². The van der Waals surface area contributed by atoms with E-state index < -0.39 is 6.80 Å². The SMILES string of the molecule is CSP(=O)(ON)OCCCCCCN. The summed E-state index contributed by atoms with van der Waals surface area (Å²) in [5, 5.41) is 0. The maximum Gasteiger partial charge on any atom is 0.404 e. The van der Waals surface area contributed by atoms with Crippen LogP contribution in [0.1, 0.15) is 25.7 Å². The van der Waals surface area contributed by atoms with Gasteiger partial charge in [-0.05, 0) is 37.0 Å². The first kappa shape index (κ1) is 14.4. The molecule has 14 heavy (non-hydrogen) atoms. The highest BCUT2D eigenvalue weighted by molar-refractivity contribution is 8.54. The summed E-state index contributed by atoms with van der Waals surface area (Å²) in [6, 6.07) is 0. The highest BCUT2D eigenvalue weighted by Crippen LogP contribution is 2.57. The Morgan fingerprint density at radius 1 is 1.29 bits per heavy atom. The molecule has 0 saturated heterocycles. The Morgan fingerprint density at radius 2 is 1.93 bits per heavy atom. The second-order valence-corrected chi connectivity index (χ2v) is 6.94. The van der Waals surface area contributed by atoms with Gasteiger partial charge in [0.05, 0.1) is 6.61 Å². The van der Waals surface area contributed by atoms with Crippen LogP contribution in [0, 0.1) is 0 Å². The van der Waals surface area contributed by atoms with Gasteiger partial charge in [-0.1, -0.05) is 12.8 Å². The number of nitrogens with two attached hydrogens (primary N) is 2. The molecule has 0 spiro atoms. The van der Waals surface area contributed by atoms with E-state index in [-0.39, 0.29) is 0 Å². The Kier molecular flexibility index (Phi) is 8.97. The van der Waals surface area contributed by atoms with E-state index in [1.54, 1.807) is 6.26 Å². The zero-order valence-corrected chi connectivity index (χ0v) is 10.2. The van der Waals surface area contributed by atoms with Gasteiger partial charge in [-0.3, -0.25) is 4.52 Å². The minimum atomic E-state index is -3.07. The molecular formula is C7H19N2O3PS. The van der Waals surface area contributed by atoms with Crippen LogP contribution in [0.15, 0.2) is 0 Å². The molecule has 0 saturated carbocycles. The average Bonchev–Trinajstić information content (AvgIpc) is 2.23. The van der Waals surface area contributed by atoms with Crippen LogP contribution >= 0.6 is 18.2 Å². The molecule has 0 rings (SSSR count). The van der Waals surface area contributed by atoms with Crippen molar-refractivity contribution in [1.29, 1.82) is 0 Å². The van der Waals surface area contributed by atoms with Crippen molar-refractivity contribution in [2.45, 2.75) is 25.7 Å². The molecule has 1 unspecified atom stereocenters. The Morgan fingerprint density at radius 3 is 2.43 bits per heavy atom. The third-order valence-corrected chi connectivity index (χ3v) is 4.82. The van der Waals surface area contributed by atoms with Crippen molar-refractivity contribution in [3.05, 3.63) is 0 Å². The molecule has 0 aliphatic carbocycles. The van der Waals surface area contributed by atoms with E-state index in [0.29, 0.717) is 6.61 Å². The predicted molar refractivity (Wildman–Crippen MR) is 59.9 cm³/mol. The van der Waals surface area contributed by atoms with Crippen molar-refractivity contribution in [2.24, 2.45) is 11.6 Å². The molecule has 0 aliphatic heterocycles. The molecule has 0 aromatic carbocycles. The van der Waals surface area contributed by atoms with Crippen LogP contribution < -0.4 is 11.6 Å². The second-order valence-electron chi connectivity index (χ2n) is 2.77. The molecule has 7 heteroatoms. The summed E-state index contributed by atoms with van der Waals surface area (Å²) in [6.45, 7) is -1.93. The molecular weight excluding hydrogens is 223 g/mol. The molecule has 0 fully saturated rings. The topological polar surface area (TPSA) is 87.6 Å². The van der Waals surface area contributed by atoms with Crippen molar-refractivity contribution in [3.8, 4) is 0 Å². The lowest BCUT2D eigenvalue weighted by molar-refractivity contribution is 0.220. The fraction of sp³-hybridized carbons (Fsp3) is 1.00. The van der Waals surface area contributed by atoms with E-state index in [9.17, 15) is 4.57 Å². The van der Waals surface area contributed by atoms with Gasteiger partial charge in [0.1, 0.15) is 0 Å². The van der Waals surface area contributed by atoms with Crippen molar-refractivity contribution in [2.75, 3.05) is 19.4 Å². The average molecular weight is 242 g/mol. The lowest BCUT2D eigenvalue weighted by Gasteiger charge is -2.11. The molecule has 0 radical (unpaired) electrons. The molecule has 0 aromatic rings. The van der Waals surface area contributed by atoms with Gasteiger partial charge in [0.15, 0.2) is 0 Å². The van der Waals surface area contributed by atoms with Crippen LogP contribution in [-0.4, -0.2) is 19.4 Å². The third-order valence-electron chi connectivity index (χ3n) is 1.70. The van der Waals surface area contributed by atoms with Crippen molar-refractivity contribution >= 4 is 18.2 Å². The van der Waals surface area contributed by atoms with E-state index in [1.165, 1.54) is 0 Å². The third kappa shape index (κ3) is 6.81. The lowest BCUT2D eigenvalue weighted by Crippen LogP contribution is -2.00. The predicted octanol–water partition coefficient (Wildman–Crippen LogP) is 1.88. The van der Waals surface area contributed by atoms with Crippen molar-refractivity contribution < 1.29 is 13.7 Å². The molecule has 4 N–H and O–H groups in total. The van der Waals surface area contributed by atoms with E-state index in [0.717, 1.165) is 43.6 Å². The monoisotopic (exact) mass is 242 g/mol. The molecule has 0 aliphatic rings. The summed E-state index contributed by atoms with van der Waals surface area (Å²) in [5.74, 6) is 4.85. The van der Waals surface area contributed by atoms with Crippen LogP contribution in [0.4, 0.5) is 0 Å². The van der Waals surface area contributed by atoms with Crippen LogP contribution in [0.5, 0.6) is 0 Å². The Balaban J connectivity index is 3.39. The van der Waals surface area contributed by atoms with Gasteiger partial charge >= 0.3 is 6.80 Å². The number of hydrogen-bond donors (Lipinski definition) is 2. The summed E-state index contributed by atoms with van der Waals surface area (Å²) in [5.41, 5.74) is 5.34. The van der Waals surface area contributed by atoms with Crippen molar-refractivity contribution in [1.82, 2.24) is 0 Å². The number of rotatable bonds is 9. The Bertz CT molecular complexity index is 174. The molecule has 0 aromatic heterocycles. The summed E-state index contributed by atoms with van der Waals surface area (Å²) in [7, 11) is 0. The molecule has 0 bridgehead atoms. The quantitative estimate of drug-likeness (QED) is 0.364. The molecule has 5 nitrogen and oxygen atoms in total. The zero-order valence-electron chi connectivity index (χ0n) is 8.48. The first-order valence-electron chi connectivity index (χ1n) is 4.57. The van der Waals surface area contributed by atoms with Crippen LogP contribution in [0.25, 0.3) is 0 Å². The second kappa shape index (κ2) is 8.71. The highest BCUT2D eigenvalue weighted by Gasteiger charge is 2.21. The van der Waals surface area contributed by atoms with Crippen LogP contribution in [0.2, 0.25) is 0 Å². The standard InChI is InChI=1S/C7H19N2O3PS/c1-14-13(10,12-9)11-7-5-3-2-4-6-8/h2-9H2,1H3. The maximum atomic E-state index is 11.4. The van der Waals surface area contributed by atoms with Gasteiger partial charge < -0.3 is 5.73 Å². The van der Waals surface area contributed by atoms with Gasteiger partial charge in [0, 0.05) is 0 Å². The Labute approximate surface area is 89.1 Å². The lowest BCUT2D eigenvalue weighted by atomic mass is 10.2. The van der Waals surface area contributed by atoms with E-state index in [4.69, 9.17) is 16.2 Å². The Hall–Kier alpha value is 0.420. The first-order valence-corrected chi connectivity index (χ1v) is 7.94. The van der Waals surface area contributed by atoms with E-state index in [1.807, 2.05) is 0 Å². The summed E-state index contributed by atoms with van der Waals surface area (Å²) >= 11 is 1.01. The summed E-state index contributed by atoms with van der Waals surface area (Å²) < 4.78 is 20.8. The molecule has 0 amide bonds. The van der Waals surface area contributed by atoms with Crippen LogP contribution in [0.3, 0.4) is 0 Å². The first-order chi connectivity index (χ1) is 6.68. The van der Waals surface area contributed by atoms with E-state index >= 15 is 0 Å². The number of unbranched alkanes of at least 4 members (excludes halogenated alkanes) is 3. The van der Waals surface area contributed by atoms with Gasteiger partial charge in [0.25, 0.3) is 0 Å². The van der Waals surface area contributed by atoms with Gasteiger partial charge in [-0.2, -0.15) is 0 Å². The molecule has 0 heterocycles. The summed E-state index contributed by atoms with van der Waals surface area (Å²) in [4.78, 5) is 0. The highest BCUT2D eigenvalue weighted by atomic mass is 32.7. The fourth-order valence-corrected chi connectivity index (χ4v) is 2.31. The van der Waals surface area contributed by atoms with Gasteiger partial charge in [-0.25, -0.2) is 15.1 Å². The zero-order chi connectivity index (χ0) is 10.9. The van der Waals surface area contributed by atoms with Crippen LogP contribution in [-0.2, 0) is 13.7 Å². The molecule has 1 atom stereocenters. The smallest absolute Gasteiger partial charge is 0.330 e. The molecule has 86 valence electrons.